The number of carbonyl (C=O) groups is 1. The maximum absolute atomic E-state index is 12.2. The molecule has 2 fully saturated rings. The minimum atomic E-state index is -3.12. The lowest BCUT2D eigenvalue weighted by atomic mass is 10.2. The van der Waals surface area contributed by atoms with Gasteiger partial charge < -0.3 is 4.90 Å². The van der Waals surface area contributed by atoms with E-state index in [-0.39, 0.29) is 11.7 Å². The van der Waals surface area contributed by atoms with Crippen molar-refractivity contribution in [3.05, 3.63) is 6.42 Å². The summed E-state index contributed by atoms with van der Waals surface area (Å²) in [4.78, 5) is 15.2. The van der Waals surface area contributed by atoms with Crippen molar-refractivity contribution in [1.82, 2.24) is 14.1 Å². The van der Waals surface area contributed by atoms with Crippen LogP contribution in [-0.2, 0) is 14.8 Å². The van der Waals surface area contributed by atoms with E-state index in [1.165, 1.54) is 0 Å². The van der Waals surface area contributed by atoms with Gasteiger partial charge in [-0.05, 0) is 19.3 Å². The highest BCUT2D eigenvalue weighted by Gasteiger charge is 2.25. The summed E-state index contributed by atoms with van der Waals surface area (Å²) in [7, 11) is -3.12. The molecule has 0 bridgehead atoms. The first-order chi connectivity index (χ1) is 9.49. The molecule has 0 saturated carbocycles. The largest absolute Gasteiger partial charge is 0.340 e. The van der Waals surface area contributed by atoms with E-state index in [0.717, 1.165) is 25.9 Å². The summed E-state index contributed by atoms with van der Waals surface area (Å²) in [6.45, 7) is 6.33. The zero-order chi connectivity index (χ0) is 14.6. The summed E-state index contributed by atoms with van der Waals surface area (Å²) >= 11 is 0. The maximum atomic E-state index is 12.2. The normalized spacial score (nSPS) is 22.9. The average molecular weight is 302 g/mol. The fraction of sp³-hybridized carbons (Fsp3) is 0.846. The second-order valence-electron chi connectivity index (χ2n) is 5.43. The van der Waals surface area contributed by atoms with E-state index in [1.54, 1.807) is 11.2 Å². The molecular weight excluding hydrogens is 278 g/mol. The summed E-state index contributed by atoms with van der Waals surface area (Å²) in [5.74, 6) is 0.286. The molecule has 0 spiro atoms. The highest BCUT2D eigenvalue weighted by Crippen LogP contribution is 2.13. The van der Waals surface area contributed by atoms with Crippen molar-refractivity contribution in [2.45, 2.75) is 19.8 Å². The molecule has 6 nitrogen and oxygen atoms in total. The van der Waals surface area contributed by atoms with Gasteiger partial charge >= 0.3 is 0 Å². The smallest absolute Gasteiger partial charge is 0.219 e. The van der Waals surface area contributed by atoms with Gasteiger partial charge in [-0.25, -0.2) is 12.7 Å². The van der Waals surface area contributed by atoms with E-state index in [9.17, 15) is 13.2 Å². The monoisotopic (exact) mass is 302 g/mol. The average Bonchev–Trinajstić information content (AvgIpc) is 2.46. The molecule has 0 aromatic heterocycles. The molecule has 2 heterocycles. The number of piperazine rings is 1. The molecule has 0 aromatic rings. The number of amides is 1. The molecule has 0 aliphatic carbocycles. The fourth-order valence-electron chi connectivity index (χ4n) is 2.66. The molecule has 7 heteroatoms. The lowest BCUT2D eigenvalue weighted by molar-refractivity contribution is -0.130. The summed E-state index contributed by atoms with van der Waals surface area (Å²) in [5, 5.41) is 0. The number of sulfonamides is 1. The molecular formula is C13H24N3O3S. The predicted octanol–water partition coefficient (Wildman–Crippen LogP) is -0.220. The van der Waals surface area contributed by atoms with E-state index in [4.69, 9.17) is 0 Å². The van der Waals surface area contributed by atoms with Crippen LogP contribution < -0.4 is 0 Å². The second kappa shape index (κ2) is 6.87. The first-order valence-corrected chi connectivity index (χ1v) is 8.87. The number of carbonyl (C=O) groups excluding carboxylic acids is 1. The molecule has 0 unspecified atom stereocenters. The molecule has 20 heavy (non-hydrogen) atoms. The number of hydrogen-bond acceptors (Lipinski definition) is 4. The molecule has 1 amide bonds. The second-order valence-corrected chi connectivity index (χ2v) is 7.52. The van der Waals surface area contributed by atoms with E-state index in [2.05, 4.69) is 11.3 Å². The number of rotatable bonds is 4. The van der Waals surface area contributed by atoms with Crippen molar-refractivity contribution in [2.24, 2.45) is 0 Å². The van der Waals surface area contributed by atoms with Crippen LogP contribution in [0.1, 0.15) is 19.8 Å². The van der Waals surface area contributed by atoms with Crippen molar-refractivity contribution < 1.29 is 13.2 Å². The van der Waals surface area contributed by atoms with Gasteiger partial charge in [0.2, 0.25) is 15.9 Å². The van der Waals surface area contributed by atoms with Gasteiger partial charge in [0, 0.05) is 52.7 Å². The molecule has 0 atom stereocenters. The van der Waals surface area contributed by atoms with Gasteiger partial charge in [-0.15, -0.1) is 0 Å². The lowest BCUT2D eigenvalue weighted by Gasteiger charge is -2.34. The van der Waals surface area contributed by atoms with Crippen molar-refractivity contribution in [1.29, 1.82) is 0 Å². The van der Waals surface area contributed by atoms with Crippen LogP contribution in [0.25, 0.3) is 0 Å². The van der Waals surface area contributed by atoms with Gasteiger partial charge in [0.25, 0.3) is 0 Å². The maximum Gasteiger partial charge on any atom is 0.219 e. The molecule has 2 rings (SSSR count). The lowest BCUT2D eigenvalue weighted by Crippen LogP contribution is -2.49. The van der Waals surface area contributed by atoms with E-state index in [1.807, 2.05) is 4.90 Å². The topological polar surface area (TPSA) is 60.9 Å². The Bertz CT molecular complexity index is 424. The Balaban J connectivity index is 1.76. The third-order valence-electron chi connectivity index (χ3n) is 4.04. The van der Waals surface area contributed by atoms with Crippen LogP contribution in [-0.4, -0.2) is 80.0 Å². The van der Waals surface area contributed by atoms with Gasteiger partial charge in [-0.1, -0.05) is 0 Å². The summed E-state index contributed by atoms with van der Waals surface area (Å²) < 4.78 is 26.1. The molecule has 0 N–H and O–H groups in total. The van der Waals surface area contributed by atoms with Gasteiger partial charge in [0.05, 0.1) is 5.75 Å². The Hall–Kier alpha value is -0.660. The summed E-state index contributed by atoms with van der Waals surface area (Å²) in [6, 6.07) is 0. The van der Waals surface area contributed by atoms with Crippen molar-refractivity contribution >= 4 is 15.9 Å². The third-order valence-corrected chi connectivity index (χ3v) is 5.89. The van der Waals surface area contributed by atoms with E-state index in [0.29, 0.717) is 32.7 Å². The SMILES string of the molecule is CC(=O)N1CCN(CCS(=O)(=O)N2CC[CH]CC2)CC1. The standard InChI is InChI=1S/C13H24N3O3S/c1-13(17)15-9-7-14(8-10-15)11-12-20(18,19)16-5-3-2-4-6-16/h2H,3-12H2,1H3. The quantitative estimate of drug-likeness (QED) is 0.720. The van der Waals surface area contributed by atoms with Crippen LogP contribution in [0.3, 0.4) is 0 Å². The minimum absolute atomic E-state index is 0.0989. The fourth-order valence-corrected chi connectivity index (χ4v) is 4.18. The molecule has 2 saturated heterocycles. The van der Waals surface area contributed by atoms with Crippen LogP contribution in [0.5, 0.6) is 0 Å². The van der Waals surface area contributed by atoms with Crippen LogP contribution in [0, 0.1) is 6.42 Å². The van der Waals surface area contributed by atoms with E-state index >= 15 is 0 Å². The first-order valence-electron chi connectivity index (χ1n) is 7.26. The Morgan fingerprint density at radius 3 is 2.20 bits per heavy atom. The highest BCUT2D eigenvalue weighted by atomic mass is 32.2. The Labute approximate surface area is 121 Å². The zero-order valence-electron chi connectivity index (χ0n) is 12.1. The molecule has 2 aliphatic heterocycles. The van der Waals surface area contributed by atoms with E-state index < -0.39 is 10.0 Å². The Kier molecular flexibility index (Phi) is 5.40. The molecule has 115 valence electrons. The molecule has 2 aliphatic rings. The molecule has 0 aromatic carbocycles. The zero-order valence-corrected chi connectivity index (χ0v) is 12.9. The third kappa shape index (κ3) is 4.17. The highest BCUT2D eigenvalue weighted by molar-refractivity contribution is 7.89. The Morgan fingerprint density at radius 2 is 1.65 bits per heavy atom. The Morgan fingerprint density at radius 1 is 1.05 bits per heavy atom. The van der Waals surface area contributed by atoms with Crippen LogP contribution in [0.4, 0.5) is 0 Å². The van der Waals surface area contributed by atoms with Crippen molar-refractivity contribution in [3.63, 3.8) is 0 Å². The van der Waals surface area contributed by atoms with Crippen LogP contribution in [0.15, 0.2) is 0 Å². The van der Waals surface area contributed by atoms with Crippen LogP contribution in [0.2, 0.25) is 0 Å². The number of piperidine rings is 1. The van der Waals surface area contributed by atoms with Gasteiger partial charge in [-0.2, -0.15) is 0 Å². The van der Waals surface area contributed by atoms with Gasteiger partial charge in [-0.3, -0.25) is 9.69 Å². The van der Waals surface area contributed by atoms with Crippen molar-refractivity contribution in [3.8, 4) is 0 Å². The van der Waals surface area contributed by atoms with Gasteiger partial charge in [0.1, 0.15) is 0 Å². The number of nitrogens with zero attached hydrogens (tertiary/aromatic N) is 3. The summed E-state index contributed by atoms with van der Waals surface area (Å²) in [6.07, 6.45) is 3.86. The first kappa shape index (κ1) is 15.7. The van der Waals surface area contributed by atoms with Gasteiger partial charge in [0.15, 0.2) is 0 Å². The predicted molar refractivity (Wildman–Crippen MR) is 77.6 cm³/mol. The van der Waals surface area contributed by atoms with Crippen LogP contribution >= 0.6 is 0 Å². The summed E-state index contributed by atoms with van der Waals surface area (Å²) in [5.41, 5.74) is 0. The van der Waals surface area contributed by atoms with Crippen molar-refractivity contribution in [2.75, 3.05) is 51.6 Å². The number of hydrogen-bond donors (Lipinski definition) is 0. The minimum Gasteiger partial charge on any atom is -0.340 e. The molecule has 1 radical (unpaired) electrons.